The third-order valence-electron chi connectivity index (χ3n) is 3.50. The van der Waals surface area contributed by atoms with E-state index in [0.717, 1.165) is 23.7 Å². The standard InChI is InChI=1S/C12H16BrN3O/c1-2-12(4-3-5-12)16-11(17)9-6-8(13)7-15-10(9)14/h6-7H,2-5H2,1H3,(H2,14,15)(H,16,17). The Hall–Kier alpha value is -1.10. The number of nitrogens with two attached hydrogens (primary N) is 1. The van der Waals surface area contributed by atoms with Crippen molar-refractivity contribution in [1.82, 2.24) is 10.3 Å². The van der Waals surface area contributed by atoms with Gasteiger partial charge in [0.15, 0.2) is 0 Å². The van der Waals surface area contributed by atoms with Gasteiger partial charge in [-0.2, -0.15) is 0 Å². The van der Waals surface area contributed by atoms with Crippen molar-refractivity contribution in [2.24, 2.45) is 0 Å². The molecule has 0 bridgehead atoms. The second kappa shape index (κ2) is 4.64. The second-order valence-electron chi connectivity index (χ2n) is 4.53. The van der Waals surface area contributed by atoms with E-state index in [1.54, 1.807) is 12.3 Å². The molecule has 17 heavy (non-hydrogen) atoms. The number of nitrogens with zero attached hydrogens (tertiary/aromatic N) is 1. The maximum absolute atomic E-state index is 12.1. The number of anilines is 1. The lowest BCUT2D eigenvalue weighted by Gasteiger charge is -2.42. The van der Waals surface area contributed by atoms with Crippen LogP contribution in [-0.2, 0) is 0 Å². The predicted molar refractivity (Wildman–Crippen MR) is 70.7 cm³/mol. The predicted octanol–water partition coefficient (Wildman–Crippen LogP) is 2.49. The smallest absolute Gasteiger partial charge is 0.255 e. The van der Waals surface area contributed by atoms with Gasteiger partial charge in [-0.3, -0.25) is 4.79 Å². The summed E-state index contributed by atoms with van der Waals surface area (Å²) >= 11 is 3.29. The van der Waals surface area contributed by atoms with Crippen LogP contribution in [-0.4, -0.2) is 16.4 Å². The molecule has 0 radical (unpaired) electrons. The van der Waals surface area contributed by atoms with Crippen molar-refractivity contribution in [2.75, 3.05) is 5.73 Å². The SMILES string of the molecule is CCC1(NC(=O)c2cc(Br)cnc2N)CCC1. The number of nitrogens with one attached hydrogen (secondary N) is 1. The van der Waals surface area contributed by atoms with Gasteiger partial charge in [0.25, 0.3) is 5.91 Å². The first kappa shape index (κ1) is 12.4. The fraction of sp³-hybridized carbons (Fsp3) is 0.500. The van der Waals surface area contributed by atoms with Gasteiger partial charge in [-0.1, -0.05) is 6.92 Å². The minimum absolute atomic E-state index is 0.0220. The van der Waals surface area contributed by atoms with E-state index < -0.39 is 0 Å². The number of rotatable bonds is 3. The van der Waals surface area contributed by atoms with Crippen molar-refractivity contribution in [2.45, 2.75) is 38.1 Å². The summed E-state index contributed by atoms with van der Waals surface area (Å²) in [5.74, 6) is 0.147. The summed E-state index contributed by atoms with van der Waals surface area (Å²) in [5.41, 5.74) is 6.14. The van der Waals surface area contributed by atoms with Crippen LogP contribution in [0.15, 0.2) is 16.7 Å². The van der Waals surface area contributed by atoms with E-state index in [-0.39, 0.29) is 17.3 Å². The van der Waals surface area contributed by atoms with Crippen molar-refractivity contribution >= 4 is 27.7 Å². The van der Waals surface area contributed by atoms with E-state index in [9.17, 15) is 4.79 Å². The van der Waals surface area contributed by atoms with Gasteiger partial charge < -0.3 is 11.1 Å². The molecule has 0 aliphatic heterocycles. The maximum Gasteiger partial charge on any atom is 0.255 e. The molecule has 1 aliphatic carbocycles. The van der Waals surface area contributed by atoms with E-state index in [4.69, 9.17) is 5.73 Å². The molecule has 1 fully saturated rings. The fourth-order valence-electron chi connectivity index (χ4n) is 2.11. The second-order valence-corrected chi connectivity index (χ2v) is 5.44. The topological polar surface area (TPSA) is 68.0 Å². The monoisotopic (exact) mass is 297 g/mol. The van der Waals surface area contributed by atoms with Gasteiger partial charge in [0.05, 0.1) is 5.56 Å². The van der Waals surface area contributed by atoms with E-state index in [0.29, 0.717) is 5.56 Å². The molecule has 3 N–H and O–H groups in total. The lowest BCUT2D eigenvalue weighted by Crippen LogP contribution is -2.53. The normalized spacial score (nSPS) is 17.3. The number of pyridine rings is 1. The minimum atomic E-state index is -0.127. The molecule has 92 valence electrons. The van der Waals surface area contributed by atoms with E-state index in [1.165, 1.54) is 6.42 Å². The summed E-state index contributed by atoms with van der Waals surface area (Å²) < 4.78 is 0.760. The highest BCUT2D eigenvalue weighted by molar-refractivity contribution is 9.10. The molecule has 1 aliphatic rings. The van der Waals surface area contributed by atoms with E-state index in [2.05, 4.69) is 33.2 Å². The van der Waals surface area contributed by atoms with Crippen LogP contribution in [0.5, 0.6) is 0 Å². The molecule has 0 atom stereocenters. The van der Waals surface area contributed by atoms with Gasteiger partial charge in [-0.25, -0.2) is 4.98 Å². The summed E-state index contributed by atoms with van der Waals surface area (Å²) in [4.78, 5) is 16.1. The molecule has 1 amide bonds. The first-order chi connectivity index (χ1) is 8.06. The molecule has 0 spiro atoms. The third kappa shape index (κ3) is 2.44. The Kier molecular flexibility index (Phi) is 3.38. The Bertz CT molecular complexity index is 438. The summed E-state index contributed by atoms with van der Waals surface area (Å²) in [5, 5.41) is 3.08. The van der Waals surface area contributed by atoms with E-state index in [1.807, 2.05) is 0 Å². The number of carbonyl (C=O) groups excluding carboxylic acids is 1. The number of aromatic nitrogens is 1. The van der Waals surface area contributed by atoms with Gasteiger partial charge in [-0.15, -0.1) is 0 Å². The maximum atomic E-state index is 12.1. The highest BCUT2D eigenvalue weighted by atomic mass is 79.9. The van der Waals surface area contributed by atoms with Crippen molar-refractivity contribution < 1.29 is 4.79 Å². The average Bonchev–Trinajstić information content (AvgIpc) is 2.26. The summed E-state index contributed by atoms with van der Waals surface area (Å²) in [6.45, 7) is 2.10. The number of hydrogen-bond donors (Lipinski definition) is 2. The van der Waals surface area contributed by atoms with Gasteiger partial charge in [0, 0.05) is 16.2 Å². The molecular weight excluding hydrogens is 282 g/mol. The van der Waals surface area contributed by atoms with Crippen LogP contribution in [0.25, 0.3) is 0 Å². The largest absolute Gasteiger partial charge is 0.383 e. The van der Waals surface area contributed by atoms with E-state index >= 15 is 0 Å². The van der Waals surface area contributed by atoms with Crippen LogP contribution in [0.4, 0.5) is 5.82 Å². The summed E-state index contributed by atoms with van der Waals surface area (Å²) in [6, 6.07) is 1.71. The Labute approximate surface area is 109 Å². The molecule has 1 heterocycles. The van der Waals surface area contributed by atoms with Crippen LogP contribution < -0.4 is 11.1 Å². The molecule has 0 unspecified atom stereocenters. The zero-order valence-electron chi connectivity index (χ0n) is 9.79. The molecular formula is C12H16BrN3O. The Morgan fingerprint density at radius 2 is 2.35 bits per heavy atom. The molecule has 4 nitrogen and oxygen atoms in total. The third-order valence-corrected chi connectivity index (χ3v) is 3.93. The molecule has 1 saturated carbocycles. The minimum Gasteiger partial charge on any atom is -0.383 e. The van der Waals surface area contributed by atoms with Gasteiger partial charge in [0.2, 0.25) is 0 Å². The number of hydrogen-bond acceptors (Lipinski definition) is 3. The van der Waals surface area contributed by atoms with Gasteiger partial charge in [0.1, 0.15) is 5.82 Å². The Morgan fingerprint density at radius 3 is 2.88 bits per heavy atom. The molecule has 1 aromatic rings. The fourth-order valence-corrected chi connectivity index (χ4v) is 2.44. The van der Waals surface area contributed by atoms with Crippen LogP contribution in [0.3, 0.4) is 0 Å². The molecule has 2 rings (SSSR count). The molecule has 0 saturated heterocycles. The number of halogens is 1. The van der Waals surface area contributed by atoms with Gasteiger partial charge >= 0.3 is 0 Å². The van der Waals surface area contributed by atoms with Crippen molar-refractivity contribution in [3.05, 3.63) is 22.3 Å². The Balaban J connectivity index is 2.17. The van der Waals surface area contributed by atoms with Crippen LogP contribution in [0, 0.1) is 0 Å². The summed E-state index contributed by atoms with van der Waals surface area (Å²) in [7, 11) is 0. The highest BCUT2D eigenvalue weighted by Crippen LogP contribution is 2.35. The zero-order chi connectivity index (χ0) is 12.5. The van der Waals surface area contributed by atoms with Crippen molar-refractivity contribution in [1.29, 1.82) is 0 Å². The van der Waals surface area contributed by atoms with Crippen LogP contribution >= 0.6 is 15.9 Å². The lowest BCUT2D eigenvalue weighted by molar-refractivity contribution is 0.0821. The quantitative estimate of drug-likeness (QED) is 0.901. The summed E-state index contributed by atoms with van der Waals surface area (Å²) in [6.07, 6.45) is 5.83. The van der Waals surface area contributed by atoms with Crippen LogP contribution in [0.1, 0.15) is 43.0 Å². The number of nitrogen functional groups attached to an aromatic ring is 1. The van der Waals surface area contributed by atoms with Crippen molar-refractivity contribution in [3.63, 3.8) is 0 Å². The molecule has 5 heteroatoms. The lowest BCUT2D eigenvalue weighted by atomic mass is 9.74. The zero-order valence-corrected chi connectivity index (χ0v) is 11.4. The number of amides is 1. The highest BCUT2D eigenvalue weighted by Gasteiger charge is 2.36. The molecule has 0 aromatic carbocycles. The number of carbonyl (C=O) groups is 1. The first-order valence-electron chi connectivity index (χ1n) is 5.80. The molecule has 1 aromatic heterocycles. The van der Waals surface area contributed by atoms with Crippen LogP contribution in [0.2, 0.25) is 0 Å². The van der Waals surface area contributed by atoms with Gasteiger partial charge in [-0.05, 0) is 47.7 Å². The Morgan fingerprint density at radius 1 is 1.65 bits per heavy atom. The van der Waals surface area contributed by atoms with Crippen molar-refractivity contribution in [3.8, 4) is 0 Å². The first-order valence-corrected chi connectivity index (χ1v) is 6.59. The average molecular weight is 298 g/mol.